The first-order chi connectivity index (χ1) is 13.5. The minimum absolute atomic E-state index is 0.0183. The summed E-state index contributed by atoms with van der Waals surface area (Å²) in [5.41, 5.74) is 3.67. The predicted molar refractivity (Wildman–Crippen MR) is 116 cm³/mol. The monoisotopic (exact) mass is 386 g/mol. The van der Waals surface area contributed by atoms with E-state index in [0.717, 1.165) is 41.9 Å². The van der Waals surface area contributed by atoms with Crippen LogP contribution in [0.15, 0.2) is 36.7 Å². The van der Waals surface area contributed by atoms with Crippen LogP contribution in [0.5, 0.6) is 0 Å². The average Bonchev–Trinajstić information content (AvgIpc) is 3.03. The maximum Gasteiger partial charge on any atom is 0.253 e. The number of halogens is 1. The molecular weight excluding hydrogens is 351 g/mol. The minimum atomic E-state index is -0.362. The largest absolute Gasteiger partial charge is 0.352 e. The molecule has 1 N–H and O–H groups in total. The molecule has 1 aliphatic carbocycles. The molecule has 0 aliphatic heterocycles. The van der Waals surface area contributed by atoms with E-state index in [0.29, 0.717) is 12.5 Å². The first kappa shape index (κ1) is 22.2. The number of nitrogens with zero attached hydrogens (tertiary/aromatic N) is 1. The smallest absolute Gasteiger partial charge is 0.253 e. The Labute approximate surface area is 169 Å². The van der Waals surface area contributed by atoms with Gasteiger partial charge in [0.05, 0.1) is 5.56 Å². The molecule has 2 rings (SSSR count). The molecule has 1 aliphatic rings. The molecule has 1 amide bonds. The number of aromatic nitrogens is 1. The molecule has 0 bridgehead atoms. The summed E-state index contributed by atoms with van der Waals surface area (Å²) in [6, 6.07) is 1.96. The van der Waals surface area contributed by atoms with Crippen molar-refractivity contribution in [2.45, 2.75) is 72.3 Å². The number of unbranched alkanes of at least 4 members (excludes halogenated alkanes) is 1. The van der Waals surface area contributed by atoms with E-state index in [2.05, 4.69) is 23.4 Å². The fraction of sp³-hybridized carbons (Fsp3) is 0.542. The summed E-state index contributed by atoms with van der Waals surface area (Å²) >= 11 is 0. The summed E-state index contributed by atoms with van der Waals surface area (Å²) in [6.45, 7) is 11.2. The number of rotatable bonds is 9. The lowest BCUT2D eigenvalue weighted by molar-refractivity contribution is 0.0952. The maximum absolute atomic E-state index is 13.5. The number of hydrogen-bond acceptors (Lipinski definition) is 1. The molecule has 1 aromatic rings. The van der Waals surface area contributed by atoms with Gasteiger partial charge in [0.25, 0.3) is 5.91 Å². The molecule has 0 unspecified atom stereocenters. The number of nitrogens with one attached hydrogen (secondary N) is 1. The molecule has 28 heavy (non-hydrogen) atoms. The van der Waals surface area contributed by atoms with Gasteiger partial charge in [0.2, 0.25) is 0 Å². The predicted octanol–water partition coefficient (Wildman–Crippen LogP) is 6.35. The molecule has 1 aromatic heterocycles. The van der Waals surface area contributed by atoms with Crippen LogP contribution in [0.4, 0.5) is 4.39 Å². The van der Waals surface area contributed by atoms with E-state index in [1.165, 1.54) is 44.3 Å². The molecule has 3 nitrogen and oxygen atoms in total. The van der Waals surface area contributed by atoms with Gasteiger partial charge in [0, 0.05) is 24.5 Å². The van der Waals surface area contributed by atoms with Crippen LogP contribution in [0.2, 0.25) is 0 Å². The van der Waals surface area contributed by atoms with Crippen LogP contribution in [0.1, 0.15) is 80.5 Å². The Morgan fingerprint density at radius 2 is 2.04 bits per heavy atom. The van der Waals surface area contributed by atoms with Crippen molar-refractivity contribution in [3.63, 3.8) is 0 Å². The molecule has 0 atom stereocenters. The van der Waals surface area contributed by atoms with Crippen molar-refractivity contribution in [1.82, 2.24) is 9.88 Å². The van der Waals surface area contributed by atoms with E-state index in [4.69, 9.17) is 0 Å². The third-order valence-electron chi connectivity index (χ3n) is 5.68. The van der Waals surface area contributed by atoms with Gasteiger partial charge in [-0.3, -0.25) is 4.79 Å². The summed E-state index contributed by atoms with van der Waals surface area (Å²) < 4.78 is 15.8. The second kappa shape index (κ2) is 11.0. The standard InChI is InChI=1S/C24H35FN2O/c1-5-7-15-26-24(28)22-16-23(18(3)13-14-21(25)6-2)27(19(22)4)17-20-11-9-8-10-12-20/h6,13-14,16,20H,2,5,7-12,15,17H2,1,3-4H3,(H,26,28)/b18-13+,21-14+. The highest BCUT2D eigenvalue weighted by molar-refractivity contribution is 5.96. The van der Waals surface area contributed by atoms with Crippen molar-refractivity contribution < 1.29 is 9.18 Å². The van der Waals surface area contributed by atoms with Gasteiger partial charge in [0.1, 0.15) is 5.83 Å². The number of carbonyl (C=O) groups excluding carboxylic acids is 1. The summed E-state index contributed by atoms with van der Waals surface area (Å²) in [4.78, 5) is 12.7. The molecule has 154 valence electrons. The van der Waals surface area contributed by atoms with E-state index in [1.807, 2.05) is 19.9 Å². The van der Waals surface area contributed by atoms with Gasteiger partial charge in [-0.25, -0.2) is 4.39 Å². The quantitative estimate of drug-likeness (QED) is 0.389. The third-order valence-corrected chi connectivity index (χ3v) is 5.68. The third kappa shape index (κ3) is 5.95. The van der Waals surface area contributed by atoms with Gasteiger partial charge in [-0.05, 0) is 62.8 Å². The Balaban J connectivity index is 2.35. The zero-order valence-electron chi connectivity index (χ0n) is 17.7. The summed E-state index contributed by atoms with van der Waals surface area (Å²) in [6.07, 6.45) is 12.8. The topological polar surface area (TPSA) is 34.0 Å². The Bertz CT molecular complexity index is 736. The Morgan fingerprint density at radius 1 is 1.32 bits per heavy atom. The van der Waals surface area contributed by atoms with Crippen molar-refractivity contribution in [2.24, 2.45) is 5.92 Å². The van der Waals surface area contributed by atoms with E-state index in [-0.39, 0.29) is 11.7 Å². The lowest BCUT2D eigenvalue weighted by Gasteiger charge is -2.24. The van der Waals surface area contributed by atoms with Gasteiger partial charge >= 0.3 is 0 Å². The van der Waals surface area contributed by atoms with Crippen LogP contribution < -0.4 is 5.32 Å². The van der Waals surface area contributed by atoms with Crippen LogP contribution in [-0.2, 0) is 6.54 Å². The molecule has 0 saturated heterocycles. The van der Waals surface area contributed by atoms with E-state index >= 15 is 0 Å². The van der Waals surface area contributed by atoms with Crippen molar-refractivity contribution >= 4 is 11.5 Å². The van der Waals surface area contributed by atoms with Crippen molar-refractivity contribution in [3.05, 3.63) is 53.7 Å². The molecule has 1 saturated carbocycles. The SMILES string of the molecule is C=C/C(F)=C\C=C(/C)c1cc(C(=O)NCCCC)c(C)n1CC1CCCCC1. The first-order valence-electron chi connectivity index (χ1n) is 10.6. The van der Waals surface area contributed by atoms with E-state index in [1.54, 1.807) is 6.08 Å². The number of amides is 1. The highest BCUT2D eigenvalue weighted by atomic mass is 19.1. The summed E-state index contributed by atoms with van der Waals surface area (Å²) in [5.74, 6) is 0.261. The average molecular weight is 387 g/mol. The normalized spacial score (nSPS) is 16.3. The van der Waals surface area contributed by atoms with Crippen molar-refractivity contribution in [3.8, 4) is 0 Å². The number of allylic oxidation sites excluding steroid dienone is 5. The molecule has 1 fully saturated rings. The highest BCUT2D eigenvalue weighted by Gasteiger charge is 2.21. The summed E-state index contributed by atoms with van der Waals surface area (Å²) in [5, 5.41) is 3.03. The van der Waals surface area contributed by atoms with Crippen LogP contribution in [0.3, 0.4) is 0 Å². The van der Waals surface area contributed by atoms with Gasteiger partial charge in [-0.2, -0.15) is 0 Å². The summed E-state index contributed by atoms with van der Waals surface area (Å²) in [7, 11) is 0. The second-order valence-corrected chi connectivity index (χ2v) is 7.86. The van der Waals surface area contributed by atoms with Crippen LogP contribution >= 0.6 is 0 Å². The van der Waals surface area contributed by atoms with E-state index < -0.39 is 0 Å². The Kier molecular flexibility index (Phi) is 8.75. The second-order valence-electron chi connectivity index (χ2n) is 7.86. The Morgan fingerprint density at radius 3 is 2.68 bits per heavy atom. The van der Waals surface area contributed by atoms with Gasteiger partial charge in [-0.15, -0.1) is 0 Å². The lowest BCUT2D eigenvalue weighted by atomic mass is 9.89. The minimum Gasteiger partial charge on any atom is -0.352 e. The highest BCUT2D eigenvalue weighted by Crippen LogP contribution is 2.29. The molecule has 1 heterocycles. The van der Waals surface area contributed by atoms with Gasteiger partial charge in [-0.1, -0.05) is 45.3 Å². The van der Waals surface area contributed by atoms with Gasteiger partial charge in [0.15, 0.2) is 0 Å². The molecular formula is C24H35FN2O. The van der Waals surface area contributed by atoms with Crippen LogP contribution in [0.25, 0.3) is 5.57 Å². The molecule has 0 aromatic carbocycles. The lowest BCUT2D eigenvalue weighted by Crippen LogP contribution is -2.25. The number of carbonyl (C=O) groups is 1. The molecule has 0 radical (unpaired) electrons. The zero-order valence-corrected chi connectivity index (χ0v) is 17.7. The molecule has 4 heteroatoms. The maximum atomic E-state index is 13.5. The number of hydrogen-bond donors (Lipinski definition) is 1. The fourth-order valence-electron chi connectivity index (χ4n) is 3.90. The van der Waals surface area contributed by atoms with Crippen molar-refractivity contribution in [1.29, 1.82) is 0 Å². The molecule has 0 spiro atoms. The van der Waals surface area contributed by atoms with Crippen LogP contribution in [0, 0.1) is 12.8 Å². The zero-order chi connectivity index (χ0) is 20.5. The van der Waals surface area contributed by atoms with Gasteiger partial charge < -0.3 is 9.88 Å². The first-order valence-corrected chi connectivity index (χ1v) is 10.6. The van der Waals surface area contributed by atoms with E-state index in [9.17, 15) is 9.18 Å². The Hall–Kier alpha value is -2.10. The van der Waals surface area contributed by atoms with Crippen LogP contribution in [-0.4, -0.2) is 17.0 Å². The van der Waals surface area contributed by atoms with Crippen molar-refractivity contribution in [2.75, 3.05) is 6.54 Å². The fourth-order valence-corrected chi connectivity index (χ4v) is 3.90.